The van der Waals surface area contributed by atoms with Gasteiger partial charge >= 0.3 is 0 Å². The van der Waals surface area contributed by atoms with Crippen LogP contribution < -0.4 is 5.32 Å². The third-order valence-corrected chi connectivity index (χ3v) is 6.62. The molecule has 2 fully saturated rings. The number of hydrogen-bond acceptors (Lipinski definition) is 3. The third-order valence-electron chi connectivity index (χ3n) is 5.14. The van der Waals surface area contributed by atoms with Crippen molar-refractivity contribution >= 4 is 22.8 Å². The van der Waals surface area contributed by atoms with Gasteiger partial charge in [0.15, 0.2) is 5.17 Å². The van der Waals surface area contributed by atoms with Crippen molar-refractivity contribution in [2.45, 2.75) is 50.8 Å². The summed E-state index contributed by atoms with van der Waals surface area (Å²) in [6.07, 6.45) is 3.58. The van der Waals surface area contributed by atoms with E-state index in [0.29, 0.717) is 23.8 Å². The van der Waals surface area contributed by atoms with E-state index >= 15 is 0 Å². The molecule has 0 aromatic rings. The lowest BCUT2D eigenvalue weighted by Crippen LogP contribution is -2.38. The van der Waals surface area contributed by atoms with Gasteiger partial charge in [0.2, 0.25) is 0 Å². The number of nitrogens with zero attached hydrogens (tertiary/aromatic N) is 1. The second kappa shape index (κ2) is 4.37. The smallest absolute Gasteiger partial charge is 0.264 e. The number of thioether (sulfide) groups is 1. The number of nitrogens with one attached hydrogen (secondary N) is 1. The Kier molecular flexibility index (Phi) is 3.04. The first-order chi connectivity index (χ1) is 8.90. The lowest BCUT2D eigenvalue weighted by Gasteiger charge is -2.27. The quantitative estimate of drug-likeness (QED) is 0.790. The van der Waals surface area contributed by atoms with E-state index in [2.05, 4.69) is 30.7 Å². The third kappa shape index (κ3) is 2.04. The zero-order chi connectivity index (χ0) is 13.8. The maximum absolute atomic E-state index is 12.1. The summed E-state index contributed by atoms with van der Waals surface area (Å²) in [6, 6.07) is 0.490. The Morgan fingerprint density at radius 3 is 2.68 bits per heavy atom. The molecule has 2 saturated carbocycles. The van der Waals surface area contributed by atoms with Gasteiger partial charge < -0.3 is 5.32 Å². The molecule has 3 nitrogen and oxygen atoms in total. The minimum absolute atomic E-state index is 0.0163. The molecule has 1 N–H and O–H groups in total. The number of rotatable bonds is 2. The van der Waals surface area contributed by atoms with Crippen LogP contribution in [0.3, 0.4) is 0 Å². The summed E-state index contributed by atoms with van der Waals surface area (Å²) in [4.78, 5) is 16.3. The lowest BCUT2D eigenvalue weighted by atomic mass is 9.92. The first kappa shape index (κ1) is 13.2. The van der Waals surface area contributed by atoms with Crippen molar-refractivity contribution in [3.63, 3.8) is 0 Å². The molecule has 4 atom stereocenters. The Morgan fingerprint density at radius 1 is 1.47 bits per heavy atom. The summed E-state index contributed by atoms with van der Waals surface area (Å²) < 4.78 is -0.385. The van der Waals surface area contributed by atoms with Crippen LogP contribution in [0.25, 0.3) is 0 Å². The summed E-state index contributed by atoms with van der Waals surface area (Å²) in [5, 5.41) is 4.36. The normalized spacial score (nSPS) is 41.3. The fourth-order valence-electron chi connectivity index (χ4n) is 3.42. The van der Waals surface area contributed by atoms with Crippen LogP contribution in [-0.4, -0.2) is 21.9 Å². The molecular formula is C15H22N2OS. The molecule has 1 heterocycles. The van der Waals surface area contributed by atoms with Gasteiger partial charge in [-0.1, -0.05) is 37.8 Å². The highest BCUT2D eigenvalue weighted by atomic mass is 32.2. The zero-order valence-corrected chi connectivity index (χ0v) is 12.7. The molecule has 1 amide bonds. The molecule has 4 heteroatoms. The minimum Gasteiger partial charge on any atom is -0.361 e. The van der Waals surface area contributed by atoms with Gasteiger partial charge in [0.1, 0.15) is 4.75 Å². The predicted octanol–water partition coefficient (Wildman–Crippen LogP) is 2.97. The highest BCUT2D eigenvalue weighted by molar-refractivity contribution is 8.16. The average molecular weight is 278 g/mol. The first-order valence-electron chi connectivity index (χ1n) is 7.16. The second-order valence-corrected chi connectivity index (χ2v) is 8.07. The Morgan fingerprint density at radius 2 is 2.21 bits per heavy atom. The maximum Gasteiger partial charge on any atom is 0.264 e. The molecule has 0 spiro atoms. The lowest BCUT2D eigenvalue weighted by molar-refractivity contribution is -0.120. The van der Waals surface area contributed by atoms with E-state index in [-0.39, 0.29) is 10.7 Å². The SMILES string of the molecule is C=C1C[C@H]2C[C@@H]1C[C@@H]2NC1=NC(=O)[C@@](C)(C(C)C)S1. The molecule has 3 rings (SSSR count). The molecule has 0 unspecified atom stereocenters. The summed E-state index contributed by atoms with van der Waals surface area (Å²) >= 11 is 1.61. The van der Waals surface area contributed by atoms with E-state index in [4.69, 9.17) is 0 Å². The standard InChI is InChI=1S/C15H22N2OS/c1-8(2)15(4)13(18)17-14(19-15)16-12-7-10-6-11(12)5-9(10)3/h8,10-12H,3,5-7H2,1-2,4H3,(H,16,17,18)/t10-,11+,12+,15-/m1/s1. The monoisotopic (exact) mass is 278 g/mol. The Bertz CT molecular complexity index is 471. The first-order valence-corrected chi connectivity index (χ1v) is 7.98. The van der Waals surface area contributed by atoms with Crippen molar-refractivity contribution in [1.29, 1.82) is 0 Å². The fourth-order valence-corrected chi connectivity index (χ4v) is 4.53. The number of amides is 1. The van der Waals surface area contributed by atoms with Crippen molar-refractivity contribution in [3.05, 3.63) is 12.2 Å². The number of carbonyl (C=O) groups is 1. The molecular weight excluding hydrogens is 256 g/mol. The van der Waals surface area contributed by atoms with Gasteiger partial charge in [-0.3, -0.25) is 4.79 Å². The predicted molar refractivity (Wildman–Crippen MR) is 80.2 cm³/mol. The molecule has 0 aromatic heterocycles. The molecule has 19 heavy (non-hydrogen) atoms. The van der Waals surface area contributed by atoms with Gasteiger partial charge in [-0.25, -0.2) is 0 Å². The van der Waals surface area contributed by atoms with Crippen molar-refractivity contribution in [3.8, 4) is 0 Å². The van der Waals surface area contributed by atoms with Crippen molar-refractivity contribution in [1.82, 2.24) is 5.32 Å². The molecule has 2 bridgehead atoms. The largest absolute Gasteiger partial charge is 0.361 e. The summed E-state index contributed by atoms with van der Waals surface area (Å²) in [5.41, 5.74) is 1.42. The van der Waals surface area contributed by atoms with Crippen LogP contribution in [0, 0.1) is 17.8 Å². The average Bonchev–Trinajstić information content (AvgIpc) is 2.94. The molecule has 0 saturated heterocycles. The van der Waals surface area contributed by atoms with Gasteiger partial charge in [0.25, 0.3) is 5.91 Å². The molecule has 1 aliphatic heterocycles. The number of allylic oxidation sites excluding steroid dienone is 1. The van der Waals surface area contributed by atoms with Crippen LogP contribution in [0.1, 0.15) is 40.0 Å². The van der Waals surface area contributed by atoms with Gasteiger partial charge in [-0.05, 0) is 43.9 Å². The Labute approximate surface area is 119 Å². The van der Waals surface area contributed by atoms with Gasteiger partial charge in [-0.2, -0.15) is 4.99 Å². The van der Waals surface area contributed by atoms with E-state index in [9.17, 15) is 4.79 Å². The number of amidine groups is 1. The number of hydrogen-bond donors (Lipinski definition) is 1. The number of fused-ring (bicyclic) bond motifs is 2. The molecule has 0 radical (unpaired) electrons. The highest BCUT2D eigenvalue weighted by Crippen LogP contribution is 2.48. The van der Waals surface area contributed by atoms with Crippen molar-refractivity contribution in [2.24, 2.45) is 22.7 Å². The van der Waals surface area contributed by atoms with Crippen LogP contribution in [0.15, 0.2) is 17.1 Å². The summed E-state index contributed by atoms with van der Waals surface area (Å²) in [7, 11) is 0. The molecule has 0 aromatic carbocycles. The van der Waals surface area contributed by atoms with Crippen LogP contribution in [0.5, 0.6) is 0 Å². The van der Waals surface area contributed by atoms with E-state index in [0.717, 1.165) is 18.0 Å². The van der Waals surface area contributed by atoms with Crippen LogP contribution >= 0.6 is 11.8 Å². The fraction of sp³-hybridized carbons (Fsp3) is 0.733. The van der Waals surface area contributed by atoms with Gasteiger partial charge in [-0.15, -0.1) is 0 Å². The van der Waals surface area contributed by atoms with E-state index in [1.807, 2.05) is 6.92 Å². The Balaban J connectivity index is 1.66. The van der Waals surface area contributed by atoms with E-state index in [1.165, 1.54) is 12.0 Å². The van der Waals surface area contributed by atoms with Crippen LogP contribution in [-0.2, 0) is 4.79 Å². The summed E-state index contributed by atoms with van der Waals surface area (Å²) in [6.45, 7) is 10.3. The van der Waals surface area contributed by atoms with E-state index in [1.54, 1.807) is 11.8 Å². The second-order valence-electron chi connectivity index (χ2n) is 6.63. The topological polar surface area (TPSA) is 41.5 Å². The van der Waals surface area contributed by atoms with Gasteiger partial charge in [0, 0.05) is 6.04 Å². The summed E-state index contributed by atoms with van der Waals surface area (Å²) in [5.74, 6) is 1.71. The zero-order valence-electron chi connectivity index (χ0n) is 11.9. The van der Waals surface area contributed by atoms with E-state index < -0.39 is 0 Å². The molecule has 104 valence electrons. The maximum atomic E-state index is 12.1. The Hall–Kier alpha value is -0.770. The highest BCUT2D eigenvalue weighted by Gasteiger charge is 2.46. The number of aliphatic imine (C=N–C) groups is 1. The van der Waals surface area contributed by atoms with Crippen molar-refractivity contribution < 1.29 is 4.79 Å². The van der Waals surface area contributed by atoms with Crippen LogP contribution in [0.2, 0.25) is 0 Å². The van der Waals surface area contributed by atoms with Crippen LogP contribution in [0.4, 0.5) is 0 Å². The minimum atomic E-state index is -0.385. The molecule has 2 aliphatic carbocycles. The van der Waals surface area contributed by atoms with Gasteiger partial charge in [0.05, 0.1) is 0 Å². The van der Waals surface area contributed by atoms with Crippen molar-refractivity contribution in [2.75, 3.05) is 0 Å². The molecule has 3 aliphatic rings. The number of carbonyl (C=O) groups excluding carboxylic acids is 1.